The van der Waals surface area contributed by atoms with Gasteiger partial charge in [0.2, 0.25) is 0 Å². The van der Waals surface area contributed by atoms with Crippen LogP contribution in [0.3, 0.4) is 0 Å². The number of fused-ring (bicyclic) bond motifs is 3. The maximum atomic E-state index is 12.8. The van der Waals surface area contributed by atoms with Crippen molar-refractivity contribution in [3.05, 3.63) is 26.6 Å². The van der Waals surface area contributed by atoms with Crippen molar-refractivity contribution in [3.63, 3.8) is 0 Å². The highest BCUT2D eigenvalue weighted by Crippen LogP contribution is 2.35. The number of hydrogen-bond acceptors (Lipinski definition) is 7. The van der Waals surface area contributed by atoms with Crippen LogP contribution in [0.4, 0.5) is 0 Å². The lowest BCUT2D eigenvalue weighted by Gasteiger charge is -2.27. The van der Waals surface area contributed by atoms with E-state index in [0.717, 1.165) is 29.5 Å². The fraction of sp³-hybridized carbons (Fsp3) is 0.727. The van der Waals surface area contributed by atoms with Gasteiger partial charge in [0, 0.05) is 25.1 Å². The second-order valence-corrected chi connectivity index (χ2v) is 10.4. The van der Waals surface area contributed by atoms with E-state index in [2.05, 4.69) is 11.9 Å². The quantitative estimate of drug-likeness (QED) is 0.627. The first kappa shape index (κ1) is 23.3. The van der Waals surface area contributed by atoms with Crippen molar-refractivity contribution in [1.82, 2.24) is 14.9 Å². The molecule has 2 atom stereocenters. The van der Waals surface area contributed by atoms with E-state index in [4.69, 9.17) is 14.5 Å². The molecule has 1 aliphatic rings. The van der Waals surface area contributed by atoms with E-state index in [9.17, 15) is 9.90 Å². The van der Waals surface area contributed by atoms with Gasteiger partial charge in [0.15, 0.2) is 0 Å². The summed E-state index contributed by atoms with van der Waals surface area (Å²) in [6.07, 6.45) is 2.48. The van der Waals surface area contributed by atoms with E-state index in [1.807, 2.05) is 25.7 Å². The Morgan fingerprint density at radius 1 is 1.40 bits per heavy atom. The third-order valence-electron chi connectivity index (χ3n) is 5.38. The molecule has 0 aliphatic heterocycles. The van der Waals surface area contributed by atoms with Gasteiger partial charge < -0.3 is 19.6 Å². The number of hydrogen-bond donors (Lipinski definition) is 2. The van der Waals surface area contributed by atoms with Crippen LogP contribution in [0, 0.1) is 5.92 Å². The predicted molar refractivity (Wildman–Crippen MR) is 120 cm³/mol. The number of H-pyrrole nitrogens is 1. The molecule has 0 spiro atoms. The molecular formula is C22H35N3O4S. The van der Waals surface area contributed by atoms with E-state index < -0.39 is 6.10 Å². The number of aliphatic hydroxyl groups excluding tert-OH is 1. The molecule has 0 amide bonds. The maximum Gasteiger partial charge on any atom is 0.259 e. The third-order valence-corrected chi connectivity index (χ3v) is 6.53. The standard InChI is InChI=1S/C22H35N3O4S/c1-14-6-7-16-17(10-14)30-21-19(16)20(27)23-18(24-21)12-25(8-9-28-5)11-15(26)13-29-22(2,3)4/h14-15,26H,6-13H2,1-5H3,(H,23,24,27)/t14-,15+/m0/s1. The lowest BCUT2D eigenvalue weighted by Crippen LogP contribution is -2.38. The van der Waals surface area contributed by atoms with Crippen LogP contribution in [-0.4, -0.2) is 65.1 Å². The molecule has 0 saturated heterocycles. The van der Waals surface area contributed by atoms with Gasteiger partial charge in [-0.15, -0.1) is 11.3 Å². The smallest absolute Gasteiger partial charge is 0.259 e. The number of aryl methyl sites for hydroxylation is 1. The van der Waals surface area contributed by atoms with Crippen LogP contribution in [0.1, 0.15) is 50.4 Å². The van der Waals surface area contributed by atoms with Gasteiger partial charge in [0.1, 0.15) is 10.7 Å². The molecule has 0 fully saturated rings. The van der Waals surface area contributed by atoms with Crippen molar-refractivity contribution >= 4 is 21.6 Å². The zero-order valence-corrected chi connectivity index (χ0v) is 19.6. The fourth-order valence-electron chi connectivity index (χ4n) is 3.83. The van der Waals surface area contributed by atoms with Crippen LogP contribution in [-0.2, 0) is 28.9 Å². The molecule has 1 aliphatic carbocycles. The summed E-state index contributed by atoms with van der Waals surface area (Å²) in [7, 11) is 1.65. The molecule has 2 N–H and O–H groups in total. The molecule has 0 unspecified atom stereocenters. The topological polar surface area (TPSA) is 87.7 Å². The molecule has 0 aromatic carbocycles. The monoisotopic (exact) mass is 437 g/mol. The van der Waals surface area contributed by atoms with Gasteiger partial charge in [-0.3, -0.25) is 9.69 Å². The zero-order valence-electron chi connectivity index (χ0n) is 18.8. The van der Waals surface area contributed by atoms with Crippen molar-refractivity contribution in [2.24, 2.45) is 5.92 Å². The first-order chi connectivity index (χ1) is 14.2. The molecule has 3 rings (SSSR count). The molecule has 7 nitrogen and oxygen atoms in total. The number of thiophene rings is 1. The highest BCUT2D eigenvalue weighted by atomic mass is 32.1. The summed E-state index contributed by atoms with van der Waals surface area (Å²) in [6, 6.07) is 0. The summed E-state index contributed by atoms with van der Waals surface area (Å²) in [5.41, 5.74) is 0.844. The molecule has 8 heteroatoms. The molecule has 0 bridgehead atoms. The number of aromatic amines is 1. The summed E-state index contributed by atoms with van der Waals surface area (Å²) in [5.74, 6) is 1.28. The van der Waals surface area contributed by atoms with E-state index in [1.165, 1.54) is 10.4 Å². The van der Waals surface area contributed by atoms with Crippen LogP contribution >= 0.6 is 11.3 Å². The maximum absolute atomic E-state index is 12.8. The number of nitrogens with one attached hydrogen (secondary N) is 1. The van der Waals surface area contributed by atoms with E-state index in [-0.39, 0.29) is 17.8 Å². The molecule has 168 valence electrons. The molecule has 0 radical (unpaired) electrons. The number of ether oxygens (including phenoxy) is 2. The number of nitrogens with zero attached hydrogens (tertiary/aromatic N) is 2. The minimum absolute atomic E-state index is 0.0506. The van der Waals surface area contributed by atoms with Crippen LogP contribution < -0.4 is 5.56 Å². The van der Waals surface area contributed by atoms with Gasteiger partial charge in [0.05, 0.1) is 36.8 Å². The number of aromatic nitrogens is 2. The van der Waals surface area contributed by atoms with Crippen molar-refractivity contribution < 1.29 is 14.6 Å². The van der Waals surface area contributed by atoms with E-state index in [0.29, 0.717) is 38.0 Å². The van der Waals surface area contributed by atoms with E-state index in [1.54, 1.807) is 18.4 Å². The largest absolute Gasteiger partial charge is 0.389 e. The van der Waals surface area contributed by atoms with Crippen molar-refractivity contribution in [2.45, 2.75) is 65.2 Å². The van der Waals surface area contributed by atoms with Crippen LogP contribution in [0.5, 0.6) is 0 Å². The predicted octanol–water partition coefficient (Wildman–Crippen LogP) is 2.73. The minimum Gasteiger partial charge on any atom is -0.389 e. The van der Waals surface area contributed by atoms with Gasteiger partial charge in [-0.05, 0) is 51.5 Å². The van der Waals surface area contributed by atoms with Crippen molar-refractivity contribution in [3.8, 4) is 0 Å². The highest BCUT2D eigenvalue weighted by molar-refractivity contribution is 7.18. The van der Waals surface area contributed by atoms with Crippen LogP contribution in [0.25, 0.3) is 10.2 Å². The molecule has 30 heavy (non-hydrogen) atoms. The highest BCUT2D eigenvalue weighted by Gasteiger charge is 2.24. The Labute approximate surface area is 182 Å². The lowest BCUT2D eigenvalue weighted by atomic mass is 9.89. The first-order valence-corrected chi connectivity index (χ1v) is 11.5. The number of rotatable bonds is 9. The Bertz CT molecular complexity index is 902. The minimum atomic E-state index is -0.632. The average Bonchev–Trinajstić information content (AvgIpc) is 3.01. The second kappa shape index (κ2) is 9.87. The zero-order chi connectivity index (χ0) is 21.9. The Hall–Kier alpha value is -1.32. The van der Waals surface area contributed by atoms with Gasteiger partial charge in [0.25, 0.3) is 5.56 Å². The summed E-state index contributed by atoms with van der Waals surface area (Å²) >= 11 is 1.66. The third kappa shape index (κ3) is 6.11. The van der Waals surface area contributed by atoms with Gasteiger partial charge in [-0.1, -0.05) is 6.92 Å². The molecule has 2 aromatic heterocycles. The second-order valence-electron chi connectivity index (χ2n) is 9.35. The fourth-order valence-corrected chi connectivity index (χ4v) is 5.23. The normalized spacial score (nSPS) is 18.2. The van der Waals surface area contributed by atoms with Gasteiger partial charge >= 0.3 is 0 Å². The van der Waals surface area contributed by atoms with Crippen molar-refractivity contribution in [2.75, 3.05) is 33.4 Å². The van der Waals surface area contributed by atoms with Gasteiger partial charge in [-0.25, -0.2) is 4.98 Å². The first-order valence-electron chi connectivity index (χ1n) is 10.7. The molecule has 2 heterocycles. The summed E-state index contributed by atoms with van der Waals surface area (Å²) in [5, 5.41) is 11.2. The SMILES string of the molecule is COCCN(Cc1nc2sc3c(c2c(=O)[nH]1)CC[C@H](C)C3)C[C@@H](O)COC(C)(C)C. The Morgan fingerprint density at radius 3 is 2.87 bits per heavy atom. The summed E-state index contributed by atoms with van der Waals surface area (Å²) in [4.78, 5) is 24.8. The van der Waals surface area contributed by atoms with Crippen LogP contribution in [0.15, 0.2) is 4.79 Å². The van der Waals surface area contributed by atoms with E-state index >= 15 is 0 Å². The Kier molecular flexibility index (Phi) is 7.68. The van der Waals surface area contributed by atoms with Gasteiger partial charge in [-0.2, -0.15) is 0 Å². The Balaban J connectivity index is 1.76. The average molecular weight is 438 g/mol. The number of methoxy groups -OCH3 is 1. The number of aliphatic hydroxyl groups is 1. The lowest BCUT2D eigenvalue weighted by molar-refractivity contribution is -0.0578. The van der Waals surface area contributed by atoms with Crippen molar-refractivity contribution in [1.29, 1.82) is 0 Å². The Morgan fingerprint density at radius 2 is 2.17 bits per heavy atom. The molecule has 2 aromatic rings. The molecular weight excluding hydrogens is 402 g/mol. The summed E-state index contributed by atoms with van der Waals surface area (Å²) < 4.78 is 10.9. The van der Waals surface area contributed by atoms with Crippen LogP contribution in [0.2, 0.25) is 0 Å². The molecule has 0 saturated carbocycles. The summed E-state index contributed by atoms with van der Waals surface area (Å²) in [6.45, 7) is 10.4.